The highest BCUT2D eigenvalue weighted by Crippen LogP contribution is 2.48. The van der Waals surface area contributed by atoms with Crippen molar-refractivity contribution < 1.29 is 13.6 Å². The van der Waals surface area contributed by atoms with Crippen LogP contribution in [0.25, 0.3) is 6.08 Å². The van der Waals surface area contributed by atoms with Crippen LogP contribution < -0.4 is 9.05 Å². The summed E-state index contributed by atoms with van der Waals surface area (Å²) in [5, 5.41) is 0. The van der Waals surface area contributed by atoms with Crippen LogP contribution in [0.15, 0.2) is 97.1 Å². The third kappa shape index (κ3) is 5.37. The molecule has 0 bridgehead atoms. The molecule has 4 heteroatoms. The first kappa shape index (κ1) is 17.1. The van der Waals surface area contributed by atoms with Gasteiger partial charge in [-0.3, -0.25) is 0 Å². The molecule has 0 amide bonds. The summed E-state index contributed by atoms with van der Waals surface area (Å²) in [5.74, 6) is 1.05. The van der Waals surface area contributed by atoms with Gasteiger partial charge in [-0.05, 0) is 29.8 Å². The summed E-state index contributed by atoms with van der Waals surface area (Å²) in [6.07, 6.45) is 3.91. The van der Waals surface area contributed by atoms with E-state index in [1.165, 1.54) is 0 Å². The second-order valence-corrected chi connectivity index (χ2v) is 7.37. The molecule has 0 saturated carbocycles. The Balaban J connectivity index is 1.78. The van der Waals surface area contributed by atoms with Gasteiger partial charge in [-0.25, -0.2) is 4.57 Å². The number of allylic oxidation sites excluding steroid dienone is 1. The molecule has 3 aromatic carbocycles. The molecule has 25 heavy (non-hydrogen) atoms. The van der Waals surface area contributed by atoms with Gasteiger partial charge in [0.15, 0.2) is 0 Å². The Morgan fingerprint density at radius 1 is 0.680 bits per heavy atom. The average molecular weight is 350 g/mol. The summed E-state index contributed by atoms with van der Waals surface area (Å²) in [6, 6.07) is 28.0. The van der Waals surface area contributed by atoms with Crippen molar-refractivity contribution in [2.75, 3.05) is 6.16 Å². The van der Waals surface area contributed by atoms with Crippen molar-refractivity contribution >= 4 is 13.7 Å². The lowest BCUT2D eigenvalue weighted by Gasteiger charge is -2.19. The fourth-order valence-electron chi connectivity index (χ4n) is 2.26. The molecule has 0 atom stereocenters. The van der Waals surface area contributed by atoms with E-state index in [0.29, 0.717) is 11.5 Å². The molecule has 0 fully saturated rings. The molecule has 3 rings (SSSR count). The molecular weight excluding hydrogens is 331 g/mol. The Kier molecular flexibility index (Phi) is 5.71. The molecule has 0 radical (unpaired) electrons. The van der Waals surface area contributed by atoms with Gasteiger partial charge < -0.3 is 9.05 Å². The normalized spacial score (nSPS) is 11.4. The SMILES string of the molecule is O=P(CC=Cc1ccccc1)(Oc1ccccc1)Oc1ccccc1. The van der Waals surface area contributed by atoms with Crippen LogP contribution in [0.2, 0.25) is 0 Å². The van der Waals surface area contributed by atoms with Gasteiger partial charge >= 0.3 is 7.60 Å². The predicted octanol–water partition coefficient (Wildman–Crippen LogP) is 6.05. The Morgan fingerprint density at radius 2 is 1.12 bits per heavy atom. The monoisotopic (exact) mass is 350 g/mol. The van der Waals surface area contributed by atoms with E-state index in [0.717, 1.165) is 5.56 Å². The van der Waals surface area contributed by atoms with Crippen LogP contribution in [0.1, 0.15) is 5.56 Å². The molecule has 3 nitrogen and oxygen atoms in total. The first-order valence-electron chi connectivity index (χ1n) is 8.03. The average Bonchev–Trinajstić information content (AvgIpc) is 2.64. The van der Waals surface area contributed by atoms with Gasteiger partial charge in [-0.1, -0.05) is 78.9 Å². The molecule has 0 unspecified atom stereocenters. The zero-order valence-corrected chi connectivity index (χ0v) is 14.6. The van der Waals surface area contributed by atoms with E-state index in [-0.39, 0.29) is 6.16 Å². The molecule has 0 aliphatic heterocycles. The second-order valence-electron chi connectivity index (χ2n) is 5.42. The molecule has 0 aliphatic carbocycles. The van der Waals surface area contributed by atoms with Crippen molar-refractivity contribution in [3.05, 3.63) is 103 Å². The highest BCUT2D eigenvalue weighted by atomic mass is 31.2. The van der Waals surface area contributed by atoms with Crippen molar-refractivity contribution in [2.45, 2.75) is 0 Å². The van der Waals surface area contributed by atoms with E-state index in [1.807, 2.05) is 78.9 Å². The summed E-state index contributed by atoms with van der Waals surface area (Å²) in [4.78, 5) is 0. The summed E-state index contributed by atoms with van der Waals surface area (Å²) >= 11 is 0. The molecule has 0 heterocycles. The van der Waals surface area contributed by atoms with Crippen LogP contribution in [-0.4, -0.2) is 6.16 Å². The standard InChI is InChI=1S/C21H19O3P/c22-25(23-20-14-6-2-7-15-20,24-21-16-8-3-9-17-21)18-10-13-19-11-4-1-5-12-19/h1-17H,18H2. The molecule has 0 aromatic heterocycles. The minimum atomic E-state index is -3.39. The lowest BCUT2D eigenvalue weighted by molar-refractivity contribution is 0.389. The third-order valence-corrected chi connectivity index (χ3v) is 5.05. The van der Waals surface area contributed by atoms with Gasteiger partial charge in [-0.15, -0.1) is 0 Å². The van der Waals surface area contributed by atoms with Crippen molar-refractivity contribution in [1.82, 2.24) is 0 Å². The van der Waals surface area contributed by atoms with Crippen molar-refractivity contribution in [3.8, 4) is 11.5 Å². The third-order valence-electron chi connectivity index (χ3n) is 3.41. The Bertz CT molecular complexity index is 801. The fourth-order valence-corrected chi connectivity index (χ4v) is 3.69. The van der Waals surface area contributed by atoms with Crippen LogP contribution in [0.3, 0.4) is 0 Å². The topological polar surface area (TPSA) is 35.5 Å². The maximum Gasteiger partial charge on any atom is 0.434 e. The lowest BCUT2D eigenvalue weighted by Crippen LogP contribution is -2.04. The maximum atomic E-state index is 13.2. The minimum absolute atomic E-state index is 0.172. The van der Waals surface area contributed by atoms with E-state index >= 15 is 0 Å². The highest BCUT2D eigenvalue weighted by molar-refractivity contribution is 7.54. The zero-order valence-electron chi connectivity index (χ0n) is 13.7. The smallest absolute Gasteiger partial charge is 0.416 e. The van der Waals surface area contributed by atoms with Gasteiger partial charge in [0.1, 0.15) is 11.5 Å². The van der Waals surface area contributed by atoms with E-state index in [1.54, 1.807) is 24.3 Å². The van der Waals surface area contributed by atoms with Gasteiger partial charge in [0.25, 0.3) is 0 Å². The van der Waals surface area contributed by atoms with Gasteiger partial charge in [0, 0.05) is 0 Å². The summed E-state index contributed by atoms with van der Waals surface area (Å²) in [6.45, 7) is 0. The van der Waals surface area contributed by atoms with Crippen LogP contribution in [0.4, 0.5) is 0 Å². The van der Waals surface area contributed by atoms with Gasteiger partial charge in [0.2, 0.25) is 0 Å². The molecule has 0 saturated heterocycles. The van der Waals surface area contributed by atoms with Gasteiger partial charge in [-0.2, -0.15) is 0 Å². The zero-order chi connectivity index (χ0) is 17.4. The summed E-state index contributed by atoms with van der Waals surface area (Å²) < 4.78 is 24.7. The van der Waals surface area contributed by atoms with E-state index in [4.69, 9.17) is 9.05 Å². The van der Waals surface area contributed by atoms with Crippen LogP contribution >= 0.6 is 7.60 Å². The summed E-state index contributed by atoms with van der Waals surface area (Å²) in [7, 11) is -3.39. The van der Waals surface area contributed by atoms with Crippen molar-refractivity contribution in [1.29, 1.82) is 0 Å². The molecule has 0 N–H and O–H groups in total. The van der Waals surface area contributed by atoms with Crippen molar-refractivity contribution in [2.24, 2.45) is 0 Å². The largest absolute Gasteiger partial charge is 0.434 e. The van der Waals surface area contributed by atoms with Crippen LogP contribution in [0, 0.1) is 0 Å². The van der Waals surface area contributed by atoms with E-state index in [2.05, 4.69) is 0 Å². The number of hydrogen-bond acceptors (Lipinski definition) is 3. The summed E-state index contributed by atoms with van der Waals surface area (Å²) in [5.41, 5.74) is 1.04. The fraction of sp³-hybridized carbons (Fsp3) is 0.0476. The molecular formula is C21H19O3P. The molecule has 126 valence electrons. The maximum absolute atomic E-state index is 13.2. The van der Waals surface area contributed by atoms with Crippen LogP contribution in [0.5, 0.6) is 11.5 Å². The van der Waals surface area contributed by atoms with E-state index in [9.17, 15) is 4.57 Å². The number of rotatable bonds is 7. The Hall–Kier alpha value is -2.77. The predicted molar refractivity (Wildman–Crippen MR) is 102 cm³/mol. The number of para-hydroxylation sites is 2. The Labute approximate surface area is 148 Å². The van der Waals surface area contributed by atoms with E-state index < -0.39 is 7.60 Å². The number of hydrogen-bond donors (Lipinski definition) is 0. The number of benzene rings is 3. The molecule has 0 aliphatic rings. The first-order valence-corrected chi connectivity index (χ1v) is 9.76. The van der Waals surface area contributed by atoms with Crippen LogP contribution in [-0.2, 0) is 4.57 Å². The first-order chi connectivity index (χ1) is 12.2. The minimum Gasteiger partial charge on any atom is -0.416 e. The molecule has 3 aromatic rings. The quantitative estimate of drug-likeness (QED) is 0.487. The molecule has 0 spiro atoms. The second kappa shape index (κ2) is 8.36. The highest BCUT2D eigenvalue weighted by Gasteiger charge is 2.26. The van der Waals surface area contributed by atoms with Crippen molar-refractivity contribution in [3.63, 3.8) is 0 Å². The van der Waals surface area contributed by atoms with Gasteiger partial charge in [0.05, 0.1) is 6.16 Å². The lowest BCUT2D eigenvalue weighted by atomic mass is 10.2. The Morgan fingerprint density at radius 3 is 1.60 bits per heavy atom.